The largest absolute Gasteiger partial charge is 0.349 e. The molecular weight excluding hydrogens is 302 g/mol. The molecule has 0 aromatic heterocycles. The Hall–Kier alpha value is -1.61. The zero-order valence-corrected chi connectivity index (χ0v) is 12.4. The van der Waals surface area contributed by atoms with Gasteiger partial charge in [-0.25, -0.2) is 0 Å². The average molecular weight is 318 g/mol. The molecule has 0 spiro atoms. The van der Waals surface area contributed by atoms with Gasteiger partial charge in [0.15, 0.2) is 0 Å². The first kappa shape index (κ1) is 13.8. The first-order valence-electron chi connectivity index (χ1n) is 6.25. The Morgan fingerprint density at radius 3 is 2.58 bits per heavy atom. The molecule has 0 saturated carbocycles. The molecule has 0 heterocycles. The Labute approximate surface area is 122 Å². The standard InChI is InChI=1S/C16H16BrNO/c1-12(10-13-6-3-2-4-7-13)18-16(19)14-8-5-9-15(17)11-14/h2-9,11-12H,10H2,1H3,(H,18,19). The summed E-state index contributed by atoms with van der Waals surface area (Å²) in [7, 11) is 0. The Kier molecular flexibility index (Phi) is 4.74. The van der Waals surface area contributed by atoms with Gasteiger partial charge in [0.25, 0.3) is 5.91 Å². The molecule has 2 aromatic rings. The van der Waals surface area contributed by atoms with Gasteiger partial charge in [0, 0.05) is 16.1 Å². The lowest BCUT2D eigenvalue weighted by Gasteiger charge is -2.14. The molecule has 1 amide bonds. The average Bonchev–Trinajstić information content (AvgIpc) is 2.39. The molecular formula is C16H16BrNO. The summed E-state index contributed by atoms with van der Waals surface area (Å²) in [5, 5.41) is 3.01. The number of hydrogen-bond donors (Lipinski definition) is 1. The molecule has 0 radical (unpaired) electrons. The van der Waals surface area contributed by atoms with Crippen LogP contribution in [0.25, 0.3) is 0 Å². The van der Waals surface area contributed by atoms with Gasteiger partial charge in [-0.1, -0.05) is 52.3 Å². The van der Waals surface area contributed by atoms with Gasteiger partial charge in [-0.05, 0) is 37.1 Å². The summed E-state index contributed by atoms with van der Waals surface area (Å²) in [5.41, 5.74) is 1.90. The van der Waals surface area contributed by atoms with Crippen LogP contribution in [0.1, 0.15) is 22.8 Å². The van der Waals surface area contributed by atoms with E-state index in [1.54, 1.807) is 0 Å². The second kappa shape index (κ2) is 6.53. The summed E-state index contributed by atoms with van der Waals surface area (Å²) in [6.07, 6.45) is 0.834. The number of nitrogens with one attached hydrogen (secondary N) is 1. The number of amides is 1. The van der Waals surface area contributed by atoms with Crippen LogP contribution in [0, 0.1) is 0 Å². The predicted octanol–water partition coefficient (Wildman–Crippen LogP) is 3.81. The minimum absolute atomic E-state index is 0.0373. The van der Waals surface area contributed by atoms with Gasteiger partial charge in [-0.3, -0.25) is 4.79 Å². The number of carbonyl (C=O) groups is 1. The summed E-state index contributed by atoms with van der Waals surface area (Å²) in [5.74, 6) is -0.0373. The van der Waals surface area contributed by atoms with Crippen molar-refractivity contribution in [3.05, 3.63) is 70.2 Å². The van der Waals surface area contributed by atoms with Crippen LogP contribution in [0.2, 0.25) is 0 Å². The van der Waals surface area contributed by atoms with Crippen molar-refractivity contribution in [2.24, 2.45) is 0 Å². The van der Waals surface area contributed by atoms with Crippen LogP contribution < -0.4 is 5.32 Å². The van der Waals surface area contributed by atoms with Gasteiger partial charge < -0.3 is 5.32 Å². The normalized spacial score (nSPS) is 11.9. The number of benzene rings is 2. The first-order chi connectivity index (χ1) is 9.15. The van der Waals surface area contributed by atoms with Gasteiger partial charge in [-0.15, -0.1) is 0 Å². The third-order valence-corrected chi connectivity index (χ3v) is 3.34. The molecule has 0 saturated heterocycles. The number of hydrogen-bond acceptors (Lipinski definition) is 1. The van der Waals surface area contributed by atoms with Crippen LogP contribution in [0.3, 0.4) is 0 Å². The van der Waals surface area contributed by atoms with Gasteiger partial charge >= 0.3 is 0 Å². The summed E-state index contributed by atoms with van der Waals surface area (Å²) < 4.78 is 0.913. The molecule has 2 aromatic carbocycles. The maximum atomic E-state index is 12.1. The molecule has 1 atom stereocenters. The maximum absolute atomic E-state index is 12.1. The molecule has 1 N–H and O–H groups in total. The molecule has 1 unspecified atom stereocenters. The molecule has 0 aliphatic carbocycles. The van der Waals surface area contributed by atoms with E-state index in [0.29, 0.717) is 5.56 Å². The lowest BCUT2D eigenvalue weighted by molar-refractivity contribution is 0.0940. The number of carbonyl (C=O) groups excluding carboxylic acids is 1. The second-order valence-corrected chi connectivity index (χ2v) is 5.49. The van der Waals surface area contributed by atoms with E-state index in [9.17, 15) is 4.79 Å². The van der Waals surface area contributed by atoms with Crippen molar-refractivity contribution >= 4 is 21.8 Å². The molecule has 3 heteroatoms. The van der Waals surface area contributed by atoms with Gasteiger partial charge in [0.2, 0.25) is 0 Å². The Morgan fingerprint density at radius 2 is 1.89 bits per heavy atom. The lowest BCUT2D eigenvalue weighted by atomic mass is 10.1. The maximum Gasteiger partial charge on any atom is 0.251 e. The fourth-order valence-corrected chi connectivity index (χ4v) is 2.35. The summed E-state index contributed by atoms with van der Waals surface area (Å²) in [6, 6.07) is 17.7. The monoisotopic (exact) mass is 317 g/mol. The minimum Gasteiger partial charge on any atom is -0.349 e. The Balaban J connectivity index is 1.95. The topological polar surface area (TPSA) is 29.1 Å². The highest BCUT2D eigenvalue weighted by atomic mass is 79.9. The van der Waals surface area contributed by atoms with Gasteiger partial charge in [0.1, 0.15) is 0 Å². The van der Waals surface area contributed by atoms with E-state index in [2.05, 4.69) is 33.4 Å². The van der Waals surface area contributed by atoms with E-state index in [4.69, 9.17) is 0 Å². The molecule has 0 aliphatic rings. The van der Waals surface area contributed by atoms with E-state index in [1.807, 2.05) is 49.4 Å². The first-order valence-corrected chi connectivity index (χ1v) is 7.05. The van der Waals surface area contributed by atoms with Crippen molar-refractivity contribution in [2.45, 2.75) is 19.4 Å². The van der Waals surface area contributed by atoms with Crippen molar-refractivity contribution in [1.82, 2.24) is 5.32 Å². The van der Waals surface area contributed by atoms with E-state index >= 15 is 0 Å². The van der Waals surface area contributed by atoms with E-state index < -0.39 is 0 Å². The number of halogens is 1. The highest BCUT2D eigenvalue weighted by Crippen LogP contribution is 2.12. The molecule has 98 valence electrons. The second-order valence-electron chi connectivity index (χ2n) is 4.57. The fraction of sp³-hybridized carbons (Fsp3) is 0.188. The SMILES string of the molecule is CC(Cc1ccccc1)NC(=O)c1cccc(Br)c1. The van der Waals surface area contributed by atoms with Gasteiger partial charge in [-0.2, -0.15) is 0 Å². The van der Waals surface area contributed by atoms with Crippen LogP contribution >= 0.6 is 15.9 Å². The van der Waals surface area contributed by atoms with Crippen molar-refractivity contribution in [2.75, 3.05) is 0 Å². The third kappa shape index (κ3) is 4.21. The highest BCUT2D eigenvalue weighted by molar-refractivity contribution is 9.10. The Morgan fingerprint density at radius 1 is 1.16 bits per heavy atom. The van der Waals surface area contributed by atoms with E-state index in [0.717, 1.165) is 10.9 Å². The fourth-order valence-electron chi connectivity index (χ4n) is 1.96. The zero-order chi connectivity index (χ0) is 13.7. The lowest BCUT2D eigenvalue weighted by Crippen LogP contribution is -2.34. The van der Waals surface area contributed by atoms with E-state index in [1.165, 1.54) is 5.56 Å². The quantitative estimate of drug-likeness (QED) is 0.912. The molecule has 19 heavy (non-hydrogen) atoms. The van der Waals surface area contributed by atoms with Crippen molar-refractivity contribution in [3.8, 4) is 0 Å². The van der Waals surface area contributed by atoms with E-state index in [-0.39, 0.29) is 11.9 Å². The van der Waals surface area contributed by atoms with Crippen molar-refractivity contribution in [1.29, 1.82) is 0 Å². The van der Waals surface area contributed by atoms with Crippen LogP contribution in [0.5, 0.6) is 0 Å². The molecule has 0 aliphatic heterocycles. The molecule has 0 fully saturated rings. The summed E-state index contributed by atoms with van der Waals surface area (Å²) in [4.78, 5) is 12.1. The van der Waals surface area contributed by atoms with Crippen molar-refractivity contribution < 1.29 is 4.79 Å². The molecule has 0 bridgehead atoms. The summed E-state index contributed by atoms with van der Waals surface area (Å²) in [6.45, 7) is 2.02. The van der Waals surface area contributed by atoms with Crippen LogP contribution in [0.15, 0.2) is 59.1 Å². The number of rotatable bonds is 4. The highest BCUT2D eigenvalue weighted by Gasteiger charge is 2.10. The minimum atomic E-state index is -0.0373. The van der Waals surface area contributed by atoms with Crippen LogP contribution in [-0.4, -0.2) is 11.9 Å². The third-order valence-electron chi connectivity index (χ3n) is 2.85. The predicted molar refractivity (Wildman–Crippen MR) is 81.2 cm³/mol. The Bertz CT molecular complexity index is 554. The summed E-state index contributed by atoms with van der Waals surface area (Å²) >= 11 is 3.37. The van der Waals surface area contributed by atoms with Crippen LogP contribution in [0.4, 0.5) is 0 Å². The molecule has 2 rings (SSSR count). The molecule has 2 nitrogen and oxygen atoms in total. The zero-order valence-electron chi connectivity index (χ0n) is 10.8. The van der Waals surface area contributed by atoms with Crippen molar-refractivity contribution in [3.63, 3.8) is 0 Å². The van der Waals surface area contributed by atoms with Crippen LogP contribution in [-0.2, 0) is 6.42 Å². The smallest absolute Gasteiger partial charge is 0.251 e. The van der Waals surface area contributed by atoms with Gasteiger partial charge in [0.05, 0.1) is 0 Å².